The van der Waals surface area contributed by atoms with Crippen molar-refractivity contribution in [2.45, 2.75) is 39.2 Å². The van der Waals surface area contributed by atoms with E-state index in [0.29, 0.717) is 5.56 Å². The molecule has 6 nitrogen and oxygen atoms in total. The van der Waals surface area contributed by atoms with Crippen LogP contribution in [0.3, 0.4) is 0 Å². The number of fused-ring (bicyclic) bond motifs is 1. The van der Waals surface area contributed by atoms with Crippen molar-refractivity contribution in [1.82, 2.24) is 4.57 Å². The Morgan fingerprint density at radius 2 is 1.75 bits per heavy atom. The Morgan fingerprint density at radius 1 is 1.00 bits per heavy atom. The number of furan rings is 1. The van der Waals surface area contributed by atoms with Gasteiger partial charge in [-0.3, -0.25) is 4.79 Å². The van der Waals surface area contributed by atoms with Gasteiger partial charge in [0.15, 0.2) is 15.6 Å². The molecule has 0 radical (unpaired) electrons. The van der Waals surface area contributed by atoms with Crippen molar-refractivity contribution in [3.63, 3.8) is 0 Å². The van der Waals surface area contributed by atoms with Gasteiger partial charge in [0.2, 0.25) is 0 Å². The van der Waals surface area contributed by atoms with E-state index in [2.05, 4.69) is 34.6 Å². The van der Waals surface area contributed by atoms with Crippen LogP contribution in [0.5, 0.6) is 0 Å². The summed E-state index contributed by atoms with van der Waals surface area (Å²) in [5.74, 6) is 0.667. The molecular formula is C29H32N2O4S. The molecular weight excluding hydrogens is 472 g/mol. The summed E-state index contributed by atoms with van der Waals surface area (Å²) in [7, 11) is -3.46. The van der Waals surface area contributed by atoms with E-state index in [1.54, 1.807) is 6.20 Å². The minimum Gasteiger partial charge on any atom is -0.464 e. The van der Waals surface area contributed by atoms with Gasteiger partial charge in [-0.25, -0.2) is 8.42 Å². The quantitative estimate of drug-likeness (QED) is 0.302. The van der Waals surface area contributed by atoms with Crippen molar-refractivity contribution < 1.29 is 17.6 Å². The maximum Gasteiger partial charge on any atom is 0.180 e. The van der Waals surface area contributed by atoms with Crippen molar-refractivity contribution >= 4 is 32.2 Å². The largest absolute Gasteiger partial charge is 0.464 e. The molecule has 0 bridgehead atoms. The zero-order valence-electron chi connectivity index (χ0n) is 21.0. The number of sulfone groups is 1. The molecule has 1 saturated heterocycles. The summed E-state index contributed by atoms with van der Waals surface area (Å²) in [5, 5.41) is 0.742. The Kier molecular flexibility index (Phi) is 6.51. The topological polar surface area (TPSA) is 72.5 Å². The van der Waals surface area contributed by atoms with Gasteiger partial charge in [0.25, 0.3) is 0 Å². The Hall–Kier alpha value is -3.32. The number of Topliss-reactive ketones (excluding diaryl/α,β-unsaturated/α-hetero) is 1. The maximum absolute atomic E-state index is 13.1. The van der Waals surface area contributed by atoms with E-state index in [-0.39, 0.29) is 6.04 Å². The van der Waals surface area contributed by atoms with Crippen LogP contribution in [-0.4, -0.2) is 43.9 Å². The number of hydrogen-bond donors (Lipinski definition) is 0. The van der Waals surface area contributed by atoms with Crippen molar-refractivity contribution in [2.75, 3.05) is 30.0 Å². The number of piperidine rings is 1. The van der Waals surface area contributed by atoms with Gasteiger partial charge < -0.3 is 13.9 Å². The zero-order valence-corrected chi connectivity index (χ0v) is 21.8. The Balaban J connectivity index is 1.74. The van der Waals surface area contributed by atoms with E-state index in [0.717, 1.165) is 60.2 Å². The first kappa shape index (κ1) is 24.4. The summed E-state index contributed by atoms with van der Waals surface area (Å²) < 4.78 is 32.2. The predicted octanol–water partition coefficient (Wildman–Crippen LogP) is 5.71. The third-order valence-electron chi connectivity index (χ3n) is 6.92. The SMILES string of the molecule is Cc1ccc(C(c2ccc(C)o2)n2cc(C(=O)CS(C)(=O)=O)c3ccccc32)c(N2CCCCC2)c1. The van der Waals surface area contributed by atoms with Gasteiger partial charge in [-0.05, 0) is 62.9 Å². The molecule has 4 aromatic rings. The van der Waals surface area contributed by atoms with Crippen LogP contribution in [0, 0.1) is 13.8 Å². The highest BCUT2D eigenvalue weighted by Gasteiger charge is 2.29. The van der Waals surface area contributed by atoms with E-state index >= 15 is 0 Å². The lowest BCUT2D eigenvalue weighted by Crippen LogP contribution is -2.31. The normalized spacial score (nSPS) is 15.4. The average Bonchev–Trinajstić information content (AvgIpc) is 3.44. The number of carbonyl (C=O) groups excluding carboxylic acids is 1. The van der Waals surface area contributed by atoms with Gasteiger partial charge >= 0.3 is 0 Å². The molecule has 1 unspecified atom stereocenters. The second-order valence-electron chi connectivity index (χ2n) is 9.92. The van der Waals surface area contributed by atoms with Crippen LogP contribution in [0.25, 0.3) is 10.9 Å². The number of rotatable bonds is 7. The smallest absolute Gasteiger partial charge is 0.180 e. The number of ketones is 1. The summed E-state index contributed by atoms with van der Waals surface area (Å²) in [5.41, 5.74) is 4.74. The molecule has 0 amide bonds. The lowest BCUT2D eigenvalue weighted by molar-refractivity contribution is 0.102. The lowest BCUT2D eigenvalue weighted by atomic mass is 9.97. The molecule has 0 spiro atoms. The maximum atomic E-state index is 13.1. The third kappa shape index (κ3) is 4.85. The van der Waals surface area contributed by atoms with Crippen LogP contribution < -0.4 is 4.90 Å². The highest BCUT2D eigenvalue weighted by molar-refractivity contribution is 7.91. The standard InChI is InChI=1S/C29H32N2O4S/c1-20-11-13-23(26(17-20)30-15-7-4-8-16-30)29(28-14-12-21(2)35-28)31-18-24(27(32)19-36(3,33)34)22-9-5-6-10-25(22)31/h5-6,9-14,17-18,29H,4,7-8,15-16,19H2,1-3H3. The zero-order chi connectivity index (χ0) is 25.4. The fourth-order valence-electron chi connectivity index (χ4n) is 5.29. The van der Waals surface area contributed by atoms with E-state index in [1.807, 2.05) is 43.3 Å². The molecule has 3 heterocycles. The van der Waals surface area contributed by atoms with E-state index in [4.69, 9.17) is 4.42 Å². The summed E-state index contributed by atoms with van der Waals surface area (Å²) in [6, 6.07) is 17.8. The van der Waals surface area contributed by atoms with Gasteiger partial charge in [0.1, 0.15) is 23.3 Å². The first-order valence-electron chi connectivity index (χ1n) is 12.4. The average molecular weight is 505 g/mol. The molecule has 0 N–H and O–H groups in total. The van der Waals surface area contributed by atoms with Crippen molar-refractivity contribution in [1.29, 1.82) is 0 Å². The molecule has 5 rings (SSSR count). The minimum absolute atomic E-state index is 0.319. The van der Waals surface area contributed by atoms with Crippen LogP contribution in [0.2, 0.25) is 0 Å². The molecule has 7 heteroatoms. The minimum atomic E-state index is -3.46. The molecule has 0 saturated carbocycles. The summed E-state index contributed by atoms with van der Waals surface area (Å²) in [6.45, 7) is 6.04. The fourth-order valence-corrected chi connectivity index (χ4v) is 5.92. The van der Waals surface area contributed by atoms with E-state index < -0.39 is 21.4 Å². The van der Waals surface area contributed by atoms with E-state index in [1.165, 1.54) is 17.7 Å². The summed E-state index contributed by atoms with van der Waals surface area (Å²) in [4.78, 5) is 15.6. The number of benzene rings is 2. The Labute approximate surface area is 212 Å². The number of para-hydroxylation sites is 1. The van der Waals surface area contributed by atoms with E-state index in [9.17, 15) is 13.2 Å². The van der Waals surface area contributed by atoms with Gasteiger partial charge in [0, 0.05) is 53.3 Å². The molecule has 2 aromatic carbocycles. The monoisotopic (exact) mass is 504 g/mol. The number of aryl methyl sites for hydroxylation is 2. The van der Waals surface area contributed by atoms with Crippen LogP contribution >= 0.6 is 0 Å². The van der Waals surface area contributed by atoms with Crippen LogP contribution in [0.1, 0.15) is 58.3 Å². The van der Waals surface area contributed by atoms with Gasteiger partial charge in [-0.15, -0.1) is 0 Å². The molecule has 0 aliphatic carbocycles. The Morgan fingerprint density at radius 3 is 2.44 bits per heavy atom. The number of aromatic nitrogens is 1. The number of anilines is 1. The highest BCUT2D eigenvalue weighted by atomic mass is 32.2. The van der Waals surface area contributed by atoms with Gasteiger partial charge in [-0.2, -0.15) is 0 Å². The Bertz CT molecular complexity index is 1520. The third-order valence-corrected chi connectivity index (χ3v) is 7.71. The van der Waals surface area contributed by atoms with Gasteiger partial charge in [-0.1, -0.05) is 30.3 Å². The second-order valence-corrected chi connectivity index (χ2v) is 12.1. The predicted molar refractivity (Wildman–Crippen MR) is 144 cm³/mol. The lowest BCUT2D eigenvalue weighted by Gasteiger charge is -2.33. The molecule has 1 fully saturated rings. The fraction of sp³-hybridized carbons (Fsp3) is 0.345. The van der Waals surface area contributed by atoms with Crippen LogP contribution in [0.4, 0.5) is 5.69 Å². The molecule has 188 valence electrons. The second kappa shape index (κ2) is 9.62. The number of hydrogen-bond acceptors (Lipinski definition) is 5. The molecule has 2 aromatic heterocycles. The van der Waals surface area contributed by atoms with Crippen LogP contribution in [-0.2, 0) is 9.84 Å². The highest BCUT2D eigenvalue weighted by Crippen LogP contribution is 2.39. The van der Waals surface area contributed by atoms with Crippen molar-refractivity contribution in [2.24, 2.45) is 0 Å². The van der Waals surface area contributed by atoms with Gasteiger partial charge in [0.05, 0.1) is 0 Å². The number of nitrogens with zero attached hydrogens (tertiary/aromatic N) is 2. The summed E-state index contributed by atoms with van der Waals surface area (Å²) in [6.07, 6.45) is 6.46. The molecule has 36 heavy (non-hydrogen) atoms. The first-order valence-corrected chi connectivity index (χ1v) is 14.5. The molecule has 1 atom stereocenters. The number of carbonyl (C=O) groups is 1. The molecule has 1 aliphatic rings. The van der Waals surface area contributed by atoms with Crippen LogP contribution in [0.15, 0.2) is 65.2 Å². The molecule has 1 aliphatic heterocycles. The van der Waals surface area contributed by atoms with Crippen molar-refractivity contribution in [3.8, 4) is 0 Å². The first-order chi connectivity index (χ1) is 17.2. The van der Waals surface area contributed by atoms with Crippen molar-refractivity contribution in [3.05, 3.63) is 89.0 Å². The summed E-state index contributed by atoms with van der Waals surface area (Å²) >= 11 is 0.